The van der Waals surface area contributed by atoms with Crippen LogP contribution in [0, 0.1) is 0 Å². The Labute approximate surface area is 111 Å². The van der Waals surface area contributed by atoms with Crippen LogP contribution < -0.4 is 5.73 Å². The van der Waals surface area contributed by atoms with E-state index in [0.29, 0.717) is 12.5 Å². The Balaban J connectivity index is 1.88. The molecule has 1 fully saturated rings. The zero-order valence-electron chi connectivity index (χ0n) is 10.3. The summed E-state index contributed by atoms with van der Waals surface area (Å²) in [5, 5.41) is 2.03. The lowest BCUT2D eigenvalue weighted by atomic mass is 10.1. The SMILES string of the molecule is COCc1ccc(-c2nc(C3CC3)sc2N)cc1. The molecule has 0 saturated heterocycles. The summed E-state index contributed by atoms with van der Waals surface area (Å²) in [5.74, 6) is 0.666. The molecule has 2 aromatic rings. The molecule has 1 aliphatic carbocycles. The molecule has 0 spiro atoms. The van der Waals surface area contributed by atoms with Gasteiger partial charge >= 0.3 is 0 Å². The third-order valence-electron chi connectivity index (χ3n) is 3.13. The Kier molecular flexibility index (Phi) is 3.06. The van der Waals surface area contributed by atoms with Crippen LogP contribution in [0.3, 0.4) is 0 Å². The highest BCUT2D eigenvalue weighted by Crippen LogP contribution is 2.45. The maximum Gasteiger partial charge on any atom is 0.114 e. The molecule has 1 aromatic heterocycles. The largest absolute Gasteiger partial charge is 0.389 e. The van der Waals surface area contributed by atoms with Crippen molar-refractivity contribution in [1.82, 2.24) is 4.98 Å². The first-order valence-electron chi connectivity index (χ1n) is 6.12. The van der Waals surface area contributed by atoms with Gasteiger partial charge < -0.3 is 10.5 Å². The second kappa shape index (κ2) is 4.71. The summed E-state index contributed by atoms with van der Waals surface area (Å²) >= 11 is 1.64. The monoisotopic (exact) mass is 260 g/mol. The average molecular weight is 260 g/mol. The number of aromatic nitrogens is 1. The molecule has 0 amide bonds. The van der Waals surface area contributed by atoms with Crippen molar-refractivity contribution in [3.8, 4) is 11.3 Å². The van der Waals surface area contributed by atoms with Gasteiger partial charge in [0, 0.05) is 18.6 Å². The predicted molar refractivity (Wildman–Crippen MR) is 74.7 cm³/mol. The van der Waals surface area contributed by atoms with Gasteiger partial charge in [-0.05, 0) is 18.4 Å². The zero-order chi connectivity index (χ0) is 12.5. The van der Waals surface area contributed by atoms with E-state index in [9.17, 15) is 0 Å². The molecular weight excluding hydrogens is 244 g/mol. The van der Waals surface area contributed by atoms with Crippen LogP contribution in [-0.4, -0.2) is 12.1 Å². The van der Waals surface area contributed by atoms with Crippen molar-refractivity contribution in [3.63, 3.8) is 0 Å². The molecular formula is C14H16N2OS. The van der Waals surface area contributed by atoms with E-state index in [1.165, 1.54) is 17.8 Å². The number of nitrogen functional groups attached to an aromatic ring is 1. The van der Waals surface area contributed by atoms with Crippen LogP contribution in [0.15, 0.2) is 24.3 Å². The second-order valence-corrected chi connectivity index (χ2v) is 5.73. The molecule has 18 heavy (non-hydrogen) atoms. The van der Waals surface area contributed by atoms with E-state index in [2.05, 4.69) is 29.2 Å². The van der Waals surface area contributed by atoms with Crippen LogP contribution in [0.25, 0.3) is 11.3 Å². The molecule has 0 aliphatic heterocycles. The number of hydrogen-bond donors (Lipinski definition) is 1. The summed E-state index contributed by atoms with van der Waals surface area (Å²) in [4.78, 5) is 4.68. The summed E-state index contributed by atoms with van der Waals surface area (Å²) in [6.07, 6.45) is 2.53. The third-order valence-corrected chi connectivity index (χ3v) is 4.18. The van der Waals surface area contributed by atoms with Crippen LogP contribution in [-0.2, 0) is 11.3 Å². The minimum atomic E-state index is 0.639. The van der Waals surface area contributed by atoms with E-state index >= 15 is 0 Å². The molecule has 2 N–H and O–H groups in total. The summed E-state index contributed by atoms with van der Waals surface area (Å²) in [6.45, 7) is 0.639. The van der Waals surface area contributed by atoms with Gasteiger partial charge in [-0.2, -0.15) is 0 Å². The second-order valence-electron chi connectivity index (χ2n) is 4.67. The lowest BCUT2D eigenvalue weighted by Crippen LogP contribution is -1.89. The van der Waals surface area contributed by atoms with Gasteiger partial charge in [0.1, 0.15) is 10.7 Å². The van der Waals surface area contributed by atoms with Crippen molar-refractivity contribution >= 4 is 16.3 Å². The van der Waals surface area contributed by atoms with E-state index in [0.717, 1.165) is 21.8 Å². The third kappa shape index (κ3) is 2.26. The van der Waals surface area contributed by atoms with Crippen molar-refractivity contribution in [1.29, 1.82) is 0 Å². The van der Waals surface area contributed by atoms with Crippen molar-refractivity contribution in [2.24, 2.45) is 0 Å². The number of benzene rings is 1. The first-order valence-corrected chi connectivity index (χ1v) is 6.94. The van der Waals surface area contributed by atoms with Crippen LogP contribution in [0.2, 0.25) is 0 Å². The van der Waals surface area contributed by atoms with E-state index in [1.54, 1.807) is 18.4 Å². The molecule has 4 heteroatoms. The number of nitrogens with zero attached hydrogens (tertiary/aromatic N) is 1. The Hall–Kier alpha value is -1.39. The number of hydrogen-bond acceptors (Lipinski definition) is 4. The molecule has 1 aliphatic rings. The first-order chi connectivity index (χ1) is 8.78. The van der Waals surface area contributed by atoms with Crippen LogP contribution in [0.5, 0.6) is 0 Å². The van der Waals surface area contributed by atoms with Crippen molar-refractivity contribution in [2.75, 3.05) is 12.8 Å². The van der Waals surface area contributed by atoms with E-state index in [1.807, 2.05) is 0 Å². The molecule has 1 heterocycles. The fourth-order valence-corrected chi connectivity index (χ4v) is 3.01. The highest BCUT2D eigenvalue weighted by molar-refractivity contribution is 7.16. The zero-order valence-corrected chi connectivity index (χ0v) is 11.2. The van der Waals surface area contributed by atoms with E-state index in [4.69, 9.17) is 10.5 Å². The number of methoxy groups -OCH3 is 1. The Morgan fingerprint density at radius 3 is 2.67 bits per heavy atom. The Bertz CT molecular complexity index is 543. The quantitative estimate of drug-likeness (QED) is 0.916. The summed E-state index contributed by atoms with van der Waals surface area (Å²) in [5.41, 5.74) is 9.26. The van der Waals surface area contributed by atoms with Gasteiger partial charge in [0.15, 0.2) is 0 Å². The highest BCUT2D eigenvalue weighted by Gasteiger charge is 2.28. The standard InChI is InChI=1S/C14H16N2OS/c1-17-8-9-2-4-10(5-3-9)12-13(15)18-14(16-12)11-6-7-11/h2-5,11H,6-8,15H2,1H3. The Morgan fingerprint density at radius 2 is 2.06 bits per heavy atom. The van der Waals surface area contributed by atoms with Gasteiger partial charge in [0.2, 0.25) is 0 Å². The van der Waals surface area contributed by atoms with Crippen LogP contribution >= 0.6 is 11.3 Å². The number of ether oxygens (including phenoxy) is 1. The molecule has 0 radical (unpaired) electrons. The molecule has 0 bridgehead atoms. The van der Waals surface area contributed by atoms with Gasteiger partial charge in [-0.3, -0.25) is 0 Å². The normalized spacial score (nSPS) is 14.9. The summed E-state index contributed by atoms with van der Waals surface area (Å²) in [7, 11) is 1.70. The minimum absolute atomic E-state index is 0.639. The van der Waals surface area contributed by atoms with Crippen molar-refractivity contribution in [3.05, 3.63) is 34.8 Å². The van der Waals surface area contributed by atoms with Crippen molar-refractivity contribution < 1.29 is 4.74 Å². The van der Waals surface area contributed by atoms with Gasteiger partial charge in [-0.25, -0.2) is 4.98 Å². The number of rotatable bonds is 4. The maximum atomic E-state index is 6.07. The fourth-order valence-electron chi connectivity index (χ4n) is 1.99. The number of thiazole rings is 1. The van der Waals surface area contributed by atoms with Gasteiger partial charge in [0.05, 0.1) is 11.6 Å². The average Bonchev–Trinajstić information content (AvgIpc) is 3.15. The molecule has 3 rings (SSSR count). The number of nitrogens with two attached hydrogens (primary N) is 1. The summed E-state index contributed by atoms with van der Waals surface area (Å²) < 4.78 is 5.10. The van der Waals surface area contributed by atoms with Crippen molar-refractivity contribution in [2.45, 2.75) is 25.4 Å². The smallest absolute Gasteiger partial charge is 0.114 e. The minimum Gasteiger partial charge on any atom is -0.389 e. The fraction of sp³-hybridized carbons (Fsp3) is 0.357. The van der Waals surface area contributed by atoms with Crippen LogP contribution in [0.4, 0.5) is 5.00 Å². The van der Waals surface area contributed by atoms with E-state index < -0.39 is 0 Å². The molecule has 94 valence electrons. The predicted octanol–water partition coefficient (Wildman–Crippen LogP) is 3.42. The highest BCUT2D eigenvalue weighted by atomic mass is 32.1. The topological polar surface area (TPSA) is 48.1 Å². The van der Waals surface area contributed by atoms with E-state index in [-0.39, 0.29) is 0 Å². The molecule has 0 atom stereocenters. The van der Waals surface area contributed by atoms with Gasteiger partial charge in [0.25, 0.3) is 0 Å². The molecule has 1 saturated carbocycles. The van der Waals surface area contributed by atoms with Gasteiger partial charge in [-0.15, -0.1) is 11.3 Å². The lowest BCUT2D eigenvalue weighted by molar-refractivity contribution is 0.185. The molecule has 1 aromatic carbocycles. The molecule has 3 nitrogen and oxygen atoms in total. The molecule has 0 unspecified atom stereocenters. The first kappa shape index (κ1) is 11.7. The maximum absolute atomic E-state index is 6.07. The Morgan fingerprint density at radius 1 is 1.33 bits per heavy atom. The van der Waals surface area contributed by atoms with Gasteiger partial charge in [-0.1, -0.05) is 24.3 Å². The summed E-state index contributed by atoms with van der Waals surface area (Å²) in [6, 6.07) is 8.26. The lowest BCUT2D eigenvalue weighted by Gasteiger charge is -2.02. The number of anilines is 1. The van der Waals surface area contributed by atoms with Crippen LogP contribution in [0.1, 0.15) is 29.3 Å².